The molecule has 2 heterocycles. The van der Waals surface area contributed by atoms with E-state index in [9.17, 15) is 19.8 Å². The summed E-state index contributed by atoms with van der Waals surface area (Å²) in [6.07, 6.45) is 0. The van der Waals surface area contributed by atoms with Crippen LogP contribution in [0.5, 0.6) is 17.2 Å². The number of ketones is 1. The Morgan fingerprint density at radius 2 is 1.76 bits per heavy atom. The Kier molecular flexibility index (Phi) is 4.72. The SMILES string of the molecule is N#Cc1ccc(N2C(=O)C(=O)/C(=C(\O)c3ccc4c(c3)OCO4)C2c2cccc(O)c2)cc1. The first-order valence-corrected chi connectivity index (χ1v) is 9.98. The third kappa shape index (κ3) is 3.32. The number of rotatable bonds is 3. The number of carbonyl (C=O) groups is 2. The smallest absolute Gasteiger partial charge is 0.300 e. The predicted molar refractivity (Wildman–Crippen MR) is 117 cm³/mol. The van der Waals surface area contributed by atoms with E-state index >= 15 is 0 Å². The normalized spacial score (nSPS) is 18.4. The minimum absolute atomic E-state index is 0.0475. The fourth-order valence-electron chi connectivity index (χ4n) is 4.01. The van der Waals surface area contributed by atoms with E-state index in [1.54, 1.807) is 36.4 Å². The quantitative estimate of drug-likeness (QED) is 0.363. The fraction of sp³-hybridized carbons (Fsp3) is 0.0800. The molecule has 1 saturated heterocycles. The molecular weight excluding hydrogens is 424 g/mol. The number of benzene rings is 3. The second kappa shape index (κ2) is 7.73. The summed E-state index contributed by atoms with van der Waals surface area (Å²) in [5, 5.41) is 30.3. The van der Waals surface area contributed by atoms with E-state index in [0.717, 1.165) is 0 Å². The highest BCUT2D eigenvalue weighted by Crippen LogP contribution is 2.44. The fourth-order valence-corrected chi connectivity index (χ4v) is 4.01. The summed E-state index contributed by atoms with van der Waals surface area (Å²) in [6, 6.07) is 18.0. The van der Waals surface area contributed by atoms with Gasteiger partial charge in [0.2, 0.25) is 6.79 Å². The summed E-state index contributed by atoms with van der Waals surface area (Å²) >= 11 is 0. The van der Waals surface area contributed by atoms with Gasteiger partial charge in [0.25, 0.3) is 11.7 Å². The number of Topliss-reactive ketones (excluding diaryl/α,β-unsaturated/α-hetero) is 1. The summed E-state index contributed by atoms with van der Waals surface area (Å²) in [5.74, 6) is -1.22. The van der Waals surface area contributed by atoms with Gasteiger partial charge in [-0.05, 0) is 60.2 Å². The maximum Gasteiger partial charge on any atom is 0.300 e. The van der Waals surface area contributed by atoms with Gasteiger partial charge in [-0.1, -0.05) is 12.1 Å². The lowest BCUT2D eigenvalue weighted by molar-refractivity contribution is -0.132. The molecule has 0 spiro atoms. The van der Waals surface area contributed by atoms with Crippen molar-refractivity contribution < 1.29 is 29.3 Å². The number of nitrogens with zero attached hydrogens (tertiary/aromatic N) is 2. The van der Waals surface area contributed by atoms with Crippen molar-refractivity contribution in [2.75, 3.05) is 11.7 Å². The van der Waals surface area contributed by atoms with Crippen LogP contribution in [0.25, 0.3) is 5.76 Å². The highest BCUT2D eigenvalue weighted by Gasteiger charge is 2.47. The number of phenols is 1. The highest BCUT2D eigenvalue weighted by atomic mass is 16.7. The number of aromatic hydroxyl groups is 1. The van der Waals surface area contributed by atoms with Crippen molar-refractivity contribution in [3.8, 4) is 23.3 Å². The number of fused-ring (bicyclic) bond motifs is 1. The Balaban J connectivity index is 1.70. The van der Waals surface area contributed by atoms with E-state index in [0.29, 0.717) is 28.3 Å². The van der Waals surface area contributed by atoms with Crippen LogP contribution in [0.4, 0.5) is 5.69 Å². The van der Waals surface area contributed by atoms with Crippen molar-refractivity contribution in [3.05, 3.63) is 89.0 Å². The molecule has 33 heavy (non-hydrogen) atoms. The minimum atomic E-state index is -1.00. The molecule has 2 N–H and O–H groups in total. The van der Waals surface area contributed by atoms with Gasteiger partial charge in [0.05, 0.1) is 23.2 Å². The zero-order chi connectivity index (χ0) is 23.1. The van der Waals surface area contributed by atoms with E-state index in [1.165, 1.54) is 35.2 Å². The van der Waals surface area contributed by atoms with Crippen molar-refractivity contribution in [1.82, 2.24) is 0 Å². The van der Waals surface area contributed by atoms with Crippen molar-refractivity contribution in [2.24, 2.45) is 0 Å². The molecule has 1 atom stereocenters. The topological polar surface area (TPSA) is 120 Å². The third-order valence-corrected chi connectivity index (χ3v) is 5.55. The Morgan fingerprint density at radius 1 is 1.00 bits per heavy atom. The molecule has 3 aromatic carbocycles. The molecule has 0 aromatic heterocycles. The monoisotopic (exact) mass is 440 g/mol. The van der Waals surface area contributed by atoms with Crippen LogP contribution < -0.4 is 14.4 Å². The molecule has 1 fully saturated rings. The number of nitriles is 1. The van der Waals surface area contributed by atoms with Gasteiger partial charge < -0.3 is 19.7 Å². The van der Waals surface area contributed by atoms with Gasteiger partial charge in [0.15, 0.2) is 11.5 Å². The molecule has 0 radical (unpaired) electrons. The lowest BCUT2D eigenvalue weighted by Crippen LogP contribution is -2.29. The van der Waals surface area contributed by atoms with Gasteiger partial charge in [-0.25, -0.2) is 0 Å². The zero-order valence-electron chi connectivity index (χ0n) is 17.1. The largest absolute Gasteiger partial charge is 0.508 e. The van der Waals surface area contributed by atoms with Crippen LogP contribution in [0, 0.1) is 11.3 Å². The molecule has 2 aliphatic heterocycles. The molecule has 3 aromatic rings. The third-order valence-electron chi connectivity index (χ3n) is 5.55. The molecule has 0 aliphatic carbocycles. The van der Waals surface area contributed by atoms with Crippen molar-refractivity contribution >= 4 is 23.1 Å². The second-order valence-electron chi connectivity index (χ2n) is 7.49. The van der Waals surface area contributed by atoms with Gasteiger partial charge in [-0.3, -0.25) is 14.5 Å². The first kappa shape index (κ1) is 20.2. The molecular formula is C25H16N2O6. The van der Waals surface area contributed by atoms with E-state index in [4.69, 9.17) is 14.7 Å². The van der Waals surface area contributed by atoms with Crippen molar-refractivity contribution in [1.29, 1.82) is 5.26 Å². The maximum absolute atomic E-state index is 13.1. The molecule has 0 saturated carbocycles. The lowest BCUT2D eigenvalue weighted by Gasteiger charge is -2.25. The minimum Gasteiger partial charge on any atom is -0.508 e. The second-order valence-corrected chi connectivity index (χ2v) is 7.49. The highest BCUT2D eigenvalue weighted by molar-refractivity contribution is 6.51. The number of anilines is 1. The van der Waals surface area contributed by atoms with Crippen LogP contribution in [-0.2, 0) is 9.59 Å². The Morgan fingerprint density at radius 3 is 2.48 bits per heavy atom. The van der Waals surface area contributed by atoms with Crippen molar-refractivity contribution in [2.45, 2.75) is 6.04 Å². The van der Waals surface area contributed by atoms with Crippen LogP contribution >= 0.6 is 0 Å². The van der Waals surface area contributed by atoms with Gasteiger partial charge >= 0.3 is 0 Å². The average Bonchev–Trinajstić information content (AvgIpc) is 3.41. The summed E-state index contributed by atoms with van der Waals surface area (Å²) in [5.41, 5.74) is 1.34. The maximum atomic E-state index is 13.1. The first-order chi connectivity index (χ1) is 16.0. The van der Waals surface area contributed by atoms with Crippen LogP contribution in [0.3, 0.4) is 0 Å². The molecule has 1 amide bonds. The van der Waals surface area contributed by atoms with Crippen LogP contribution in [0.1, 0.15) is 22.7 Å². The Labute approximate surface area is 188 Å². The molecule has 8 heteroatoms. The molecule has 162 valence electrons. The number of aliphatic hydroxyl groups excluding tert-OH is 1. The molecule has 2 aliphatic rings. The van der Waals surface area contributed by atoms with Crippen LogP contribution in [-0.4, -0.2) is 28.7 Å². The average molecular weight is 440 g/mol. The molecule has 0 bridgehead atoms. The summed E-state index contributed by atoms with van der Waals surface area (Å²) in [7, 11) is 0. The summed E-state index contributed by atoms with van der Waals surface area (Å²) in [4.78, 5) is 27.5. The number of carbonyl (C=O) groups excluding carboxylic acids is 2. The number of ether oxygens (including phenoxy) is 2. The Hall–Kier alpha value is -4.77. The standard InChI is InChI=1S/C25H16N2O6/c26-12-14-4-7-17(8-5-14)27-22(15-2-1-3-18(28)10-15)21(24(30)25(27)31)23(29)16-6-9-19-20(11-16)33-13-32-19/h1-11,22,28-29H,13H2/b23-21-. The van der Waals surface area contributed by atoms with Gasteiger partial charge in [0, 0.05) is 11.3 Å². The number of hydrogen-bond donors (Lipinski definition) is 2. The lowest BCUT2D eigenvalue weighted by atomic mass is 9.95. The van der Waals surface area contributed by atoms with Gasteiger partial charge in [-0.2, -0.15) is 5.26 Å². The first-order valence-electron chi connectivity index (χ1n) is 9.98. The summed E-state index contributed by atoms with van der Waals surface area (Å²) in [6.45, 7) is 0.0475. The number of aliphatic hydroxyl groups is 1. The van der Waals surface area contributed by atoms with Gasteiger partial charge in [-0.15, -0.1) is 0 Å². The van der Waals surface area contributed by atoms with Crippen LogP contribution in [0.15, 0.2) is 72.3 Å². The number of hydrogen-bond acceptors (Lipinski definition) is 7. The van der Waals surface area contributed by atoms with E-state index < -0.39 is 17.7 Å². The number of amides is 1. The molecule has 5 rings (SSSR count). The molecule has 1 unspecified atom stereocenters. The van der Waals surface area contributed by atoms with Crippen molar-refractivity contribution in [3.63, 3.8) is 0 Å². The van der Waals surface area contributed by atoms with E-state index in [2.05, 4.69) is 0 Å². The Bertz CT molecular complexity index is 1370. The number of phenolic OH excluding ortho intramolecular Hbond substituents is 1. The summed E-state index contributed by atoms with van der Waals surface area (Å²) < 4.78 is 10.7. The van der Waals surface area contributed by atoms with Crippen LogP contribution in [0.2, 0.25) is 0 Å². The van der Waals surface area contributed by atoms with E-state index in [-0.39, 0.29) is 29.4 Å². The predicted octanol–water partition coefficient (Wildman–Crippen LogP) is 3.62. The zero-order valence-corrected chi connectivity index (χ0v) is 17.1. The molecule has 8 nitrogen and oxygen atoms in total. The van der Waals surface area contributed by atoms with Gasteiger partial charge in [0.1, 0.15) is 11.5 Å². The van der Waals surface area contributed by atoms with E-state index in [1.807, 2.05) is 6.07 Å².